The van der Waals surface area contributed by atoms with E-state index in [0.29, 0.717) is 18.8 Å². The lowest BCUT2D eigenvalue weighted by atomic mass is 9.82. The Bertz CT molecular complexity index is 562. The van der Waals surface area contributed by atoms with Crippen molar-refractivity contribution < 1.29 is 14.3 Å². The molecule has 1 aromatic rings. The molecule has 0 spiro atoms. The normalized spacial score (nSPS) is 15.1. The van der Waals surface area contributed by atoms with E-state index in [1.807, 2.05) is 31.4 Å². The molecule has 151 valence electrons. The standard InChI is InChI=1S/C22H36NO3Si/c1-5-7-11-19(12-9-13-20-14-10-16-23-18-20)17-22(21(24)25,15-8-6-2)26-27(3)4/h9-10,13-14,16,18-19H,5-8,11-12,15,17H2,1-4H3,(H,24,25). The second kappa shape index (κ2) is 12.8. The first-order valence-electron chi connectivity index (χ1n) is 10.2. The summed E-state index contributed by atoms with van der Waals surface area (Å²) in [5, 5.41) is 10.0. The van der Waals surface area contributed by atoms with Gasteiger partial charge < -0.3 is 9.53 Å². The molecule has 0 aliphatic heterocycles. The van der Waals surface area contributed by atoms with Crippen LogP contribution < -0.4 is 0 Å². The average molecular weight is 391 g/mol. The summed E-state index contributed by atoms with van der Waals surface area (Å²) in [6.45, 7) is 8.33. The highest BCUT2D eigenvalue weighted by Gasteiger charge is 2.41. The van der Waals surface area contributed by atoms with Crippen molar-refractivity contribution in [2.24, 2.45) is 5.92 Å². The highest BCUT2D eigenvalue weighted by atomic mass is 28.3. The lowest BCUT2D eigenvalue weighted by Crippen LogP contribution is -2.46. The van der Waals surface area contributed by atoms with E-state index < -0.39 is 20.6 Å². The number of aromatic nitrogens is 1. The molecule has 1 aromatic heterocycles. The van der Waals surface area contributed by atoms with Crippen molar-refractivity contribution in [1.29, 1.82) is 0 Å². The van der Waals surface area contributed by atoms with E-state index >= 15 is 0 Å². The Morgan fingerprint density at radius 1 is 1.33 bits per heavy atom. The molecular weight excluding hydrogens is 354 g/mol. The van der Waals surface area contributed by atoms with Gasteiger partial charge in [-0.3, -0.25) is 4.98 Å². The summed E-state index contributed by atoms with van der Waals surface area (Å²) < 4.78 is 6.14. The number of unbranched alkanes of at least 4 members (excludes halogenated alkanes) is 2. The first-order valence-corrected chi connectivity index (χ1v) is 12.6. The quantitative estimate of drug-likeness (QED) is 0.398. The fraction of sp³-hybridized carbons (Fsp3) is 0.636. The Morgan fingerprint density at radius 2 is 2.07 bits per heavy atom. The van der Waals surface area contributed by atoms with E-state index in [0.717, 1.165) is 44.1 Å². The average Bonchev–Trinajstić information content (AvgIpc) is 2.64. The van der Waals surface area contributed by atoms with Crippen LogP contribution in [0, 0.1) is 5.92 Å². The van der Waals surface area contributed by atoms with Crippen molar-refractivity contribution in [3.63, 3.8) is 0 Å². The topological polar surface area (TPSA) is 59.4 Å². The Balaban J connectivity index is 2.92. The van der Waals surface area contributed by atoms with Crippen LogP contribution in [0.25, 0.3) is 6.08 Å². The second-order valence-electron chi connectivity index (χ2n) is 7.55. The van der Waals surface area contributed by atoms with Crippen molar-refractivity contribution >= 4 is 21.1 Å². The molecular formula is C22H36NO3Si. The molecule has 1 heterocycles. The molecule has 0 saturated carbocycles. The number of allylic oxidation sites excluding steroid dienone is 1. The second-order valence-corrected chi connectivity index (χ2v) is 9.57. The van der Waals surface area contributed by atoms with Crippen LogP contribution in [0.5, 0.6) is 0 Å². The molecule has 0 aromatic carbocycles. The number of hydrogen-bond donors (Lipinski definition) is 1. The molecule has 4 nitrogen and oxygen atoms in total. The third-order valence-electron chi connectivity index (χ3n) is 4.77. The fourth-order valence-corrected chi connectivity index (χ4v) is 4.47. The molecule has 5 heteroatoms. The van der Waals surface area contributed by atoms with E-state index in [1.54, 1.807) is 6.20 Å². The molecule has 0 saturated heterocycles. The van der Waals surface area contributed by atoms with Crippen molar-refractivity contribution in [2.75, 3.05) is 0 Å². The van der Waals surface area contributed by atoms with Crippen LogP contribution in [-0.4, -0.2) is 30.7 Å². The monoisotopic (exact) mass is 390 g/mol. The van der Waals surface area contributed by atoms with Crippen LogP contribution in [0.3, 0.4) is 0 Å². The van der Waals surface area contributed by atoms with E-state index in [2.05, 4.69) is 31.0 Å². The van der Waals surface area contributed by atoms with Crippen molar-refractivity contribution in [3.8, 4) is 0 Å². The molecule has 1 rings (SSSR count). The number of rotatable bonds is 14. The van der Waals surface area contributed by atoms with Crippen LogP contribution in [0.15, 0.2) is 30.6 Å². The summed E-state index contributed by atoms with van der Waals surface area (Å²) in [4.78, 5) is 16.4. The summed E-state index contributed by atoms with van der Waals surface area (Å²) in [6.07, 6.45) is 15.0. The molecule has 1 radical (unpaired) electrons. The van der Waals surface area contributed by atoms with Crippen LogP contribution in [0.1, 0.15) is 70.8 Å². The molecule has 2 atom stereocenters. The van der Waals surface area contributed by atoms with E-state index in [4.69, 9.17) is 4.43 Å². The maximum Gasteiger partial charge on any atom is 0.334 e. The molecule has 0 aliphatic rings. The van der Waals surface area contributed by atoms with Gasteiger partial charge in [0.1, 0.15) is 0 Å². The predicted octanol–water partition coefficient (Wildman–Crippen LogP) is 5.96. The van der Waals surface area contributed by atoms with Crippen LogP contribution in [0.2, 0.25) is 13.1 Å². The third kappa shape index (κ3) is 8.84. The number of carbonyl (C=O) groups is 1. The van der Waals surface area contributed by atoms with E-state index in [1.165, 1.54) is 0 Å². The predicted molar refractivity (Wildman–Crippen MR) is 114 cm³/mol. The van der Waals surface area contributed by atoms with Gasteiger partial charge in [0.05, 0.1) is 0 Å². The van der Waals surface area contributed by atoms with Gasteiger partial charge in [-0.15, -0.1) is 0 Å². The van der Waals surface area contributed by atoms with E-state index in [-0.39, 0.29) is 0 Å². The number of nitrogens with zero attached hydrogens (tertiary/aromatic N) is 1. The minimum Gasteiger partial charge on any atom is -0.479 e. The summed E-state index contributed by atoms with van der Waals surface area (Å²) in [5.74, 6) is -0.480. The van der Waals surface area contributed by atoms with Crippen molar-refractivity contribution in [2.45, 2.75) is 83.9 Å². The van der Waals surface area contributed by atoms with Gasteiger partial charge in [-0.2, -0.15) is 0 Å². The van der Waals surface area contributed by atoms with Gasteiger partial charge in [0.15, 0.2) is 5.60 Å². The first kappa shape index (κ1) is 23.6. The number of carboxylic acids is 1. The summed E-state index contributed by atoms with van der Waals surface area (Å²) in [5.41, 5.74) is 0.0417. The summed E-state index contributed by atoms with van der Waals surface area (Å²) in [7, 11) is -1.10. The summed E-state index contributed by atoms with van der Waals surface area (Å²) >= 11 is 0. The van der Waals surface area contributed by atoms with E-state index in [9.17, 15) is 9.90 Å². The third-order valence-corrected chi connectivity index (χ3v) is 5.57. The van der Waals surface area contributed by atoms with Gasteiger partial charge >= 0.3 is 5.97 Å². The molecule has 27 heavy (non-hydrogen) atoms. The summed E-state index contributed by atoms with van der Waals surface area (Å²) in [6, 6.07) is 3.95. The highest BCUT2D eigenvalue weighted by molar-refractivity contribution is 6.48. The van der Waals surface area contributed by atoms with Crippen molar-refractivity contribution in [3.05, 3.63) is 36.2 Å². The van der Waals surface area contributed by atoms with Gasteiger partial charge in [-0.1, -0.05) is 64.2 Å². The van der Waals surface area contributed by atoms with Gasteiger partial charge in [0, 0.05) is 12.4 Å². The zero-order valence-electron chi connectivity index (χ0n) is 17.4. The number of carboxylic acid groups (broad SMARTS) is 1. The van der Waals surface area contributed by atoms with Crippen molar-refractivity contribution in [1.82, 2.24) is 4.98 Å². The number of aliphatic carboxylic acids is 1. The van der Waals surface area contributed by atoms with Gasteiger partial charge in [-0.05, 0) is 49.9 Å². The Kier molecular flexibility index (Phi) is 11.2. The lowest BCUT2D eigenvalue weighted by Gasteiger charge is -2.35. The lowest BCUT2D eigenvalue weighted by molar-refractivity contribution is -0.158. The maximum absolute atomic E-state index is 12.2. The highest BCUT2D eigenvalue weighted by Crippen LogP contribution is 2.33. The van der Waals surface area contributed by atoms with Gasteiger partial charge in [0.25, 0.3) is 0 Å². The molecule has 0 amide bonds. The van der Waals surface area contributed by atoms with Crippen LogP contribution in [-0.2, 0) is 9.22 Å². The minimum atomic E-state index is -1.10. The van der Waals surface area contributed by atoms with Gasteiger partial charge in [-0.25, -0.2) is 4.79 Å². The zero-order chi connectivity index (χ0) is 20.1. The number of pyridine rings is 1. The minimum absolute atomic E-state index is 0.312. The van der Waals surface area contributed by atoms with Crippen LogP contribution in [0.4, 0.5) is 0 Å². The zero-order valence-corrected chi connectivity index (χ0v) is 18.4. The maximum atomic E-state index is 12.2. The molecule has 2 unspecified atom stereocenters. The fourth-order valence-electron chi connectivity index (χ4n) is 3.42. The Morgan fingerprint density at radius 3 is 2.63 bits per heavy atom. The smallest absolute Gasteiger partial charge is 0.334 e. The number of hydrogen-bond acceptors (Lipinski definition) is 3. The Hall–Kier alpha value is -1.46. The molecule has 1 N–H and O–H groups in total. The SMILES string of the molecule is CCCCC(CC=Cc1cccnc1)CC(CCCC)(O[Si](C)C)C(=O)O. The Labute approximate surface area is 166 Å². The van der Waals surface area contributed by atoms with Gasteiger partial charge in [0.2, 0.25) is 9.04 Å². The largest absolute Gasteiger partial charge is 0.479 e. The molecule has 0 aliphatic carbocycles. The van der Waals surface area contributed by atoms with Crippen LogP contribution >= 0.6 is 0 Å². The molecule has 0 bridgehead atoms. The molecule has 0 fully saturated rings. The first-order chi connectivity index (χ1) is 12.9.